The van der Waals surface area contributed by atoms with Crippen LogP contribution >= 0.6 is 0 Å². The van der Waals surface area contributed by atoms with Crippen LogP contribution in [0.4, 0.5) is 0 Å². The van der Waals surface area contributed by atoms with Gasteiger partial charge in [0.05, 0.1) is 13.7 Å². The minimum Gasteiger partial charge on any atom is -0.490 e. The summed E-state index contributed by atoms with van der Waals surface area (Å²) in [6.07, 6.45) is 0. The van der Waals surface area contributed by atoms with Crippen LogP contribution in [-0.4, -0.2) is 38.9 Å². The fourth-order valence-corrected chi connectivity index (χ4v) is 1.62. The Balaban J connectivity index is 2.65. The van der Waals surface area contributed by atoms with E-state index < -0.39 is 6.04 Å². The smallest absolute Gasteiger partial charge is 0.326 e. The van der Waals surface area contributed by atoms with Crippen molar-refractivity contribution >= 4 is 5.97 Å². The summed E-state index contributed by atoms with van der Waals surface area (Å²) >= 11 is 0. The molecule has 0 saturated carbocycles. The quantitative estimate of drug-likeness (QED) is 0.725. The van der Waals surface area contributed by atoms with E-state index in [0.717, 1.165) is 0 Å². The van der Waals surface area contributed by atoms with Crippen molar-refractivity contribution in [3.05, 3.63) is 24.3 Å². The van der Waals surface area contributed by atoms with Gasteiger partial charge in [0.25, 0.3) is 0 Å². The maximum absolute atomic E-state index is 11.5. The molecular weight excluding hydrogens is 246 g/mol. The van der Waals surface area contributed by atoms with Crippen molar-refractivity contribution in [1.29, 1.82) is 0 Å². The molecule has 0 aliphatic heterocycles. The first-order valence-electron chi connectivity index (χ1n) is 6.38. The van der Waals surface area contributed by atoms with Crippen LogP contribution in [0.2, 0.25) is 0 Å². The summed E-state index contributed by atoms with van der Waals surface area (Å²) in [5.74, 6) is 0.956. The molecule has 19 heavy (non-hydrogen) atoms. The molecule has 0 saturated heterocycles. The summed E-state index contributed by atoms with van der Waals surface area (Å²) in [6, 6.07) is 6.90. The van der Waals surface area contributed by atoms with Gasteiger partial charge in [-0.25, -0.2) is 0 Å². The van der Waals surface area contributed by atoms with Crippen LogP contribution in [0.5, 0.6) is 11.5 Å². The molecule has 0 aromatic heterocycles. The molecule has 5 nitrogen and oxygen atoms in total. The minimum absolute atomic E-state index is 0.199. The Bertz CT molecular complexity index is 395. The number of nitrogens with one attached hydrogen (secondary N) is 1. The van der Waals surface area contributed by atoms with Crippen molar-refractivity contribution in [3.8, 4) is 11.5 Å². The number of hydrogen-bond donors (Lipinski definition) is 1. The number of methoxy groups -OCH3 is 1. The van der Waals surface area contributed by atoms with Crippen LogP contribution in [0.1, 0.15) is 13.8 Å². The predicted octanol–water partition coefficient (Wildman–Crippen LogP) is 1.62. The van der Waals surface area contributed by atoms with E-state index in [4.69, 9.17) is 14.2 Å². The van der Waals surface area contributed by atoms with Crippen LogP contribution in [0, 0.1) is 0 Å². The first-order valence-corrected chi connectivity index (χ1v) is 6.38. The fraction of sp³-hybridized carbons (Fsp3) is 0.500. The summed E-state index contributed by atoms with van der Waals surface area (Å²) in [6.45, 7) is 5.26. The lowest BCUT2D eigenvalue weighted by Crippen LogP contribution is -2.42. The Labute approximate surface area is 113 Å². The third kappa shape index (κ3) is 4.79. The summed E-state index contributed by atoms with van der Waals surface area (Å²) < 4.78 is 15.8. The standard InChI is InChI=1S/C14H21NO4/c1-4-15-11(14(16)17-3)10-19-13-9-7-6-8-12(13)18-5-2/h6-9,11,15H,4-5,10H2,1-3H3. The van der Waals surface area contributed by atoms with E-state index >= 15 is 0 Å². The highest BCUT2D eigenvalue weighted by molar-refractivity contribution is 5.75. The van der Waals surface area contributed by atoms with E-state index in [-0.39, 0.29) is 12.6 Å². The number of likely N-dealkylation sites (N-methyl/N-ethyl adjacent to an activating group) is 1. The predicted molar refractivity (Wildman–Crippen MR) is 72.6 cm³/mol. The summed E-state index contributed by atoms with van der Waals surface area (Å²) in [7, 11) is 1.36. The van der Waals surface area contributed by atoms with E-state index in [9.17, 15) is 4.79 Å². The summed E-state index contributed by atoms with van der Waals surface area (Å²) in [5.41, 5.74) is 0. The van der Waals surface area contributed by atoms with Gasteiger partial charge in [0.15, 0.2) is 11.5 Å². The number of hydrogen-bond acceptors (Lipinski definition) is 5. The molecule has 0 bridgehead atoms. The van der Waals surface area contributed by atoms with Crippen molar-refractivity contribution in [1.82, 2.24) is 5.32 Å². The fourth-order valence-electron chi connectivity index (χ4n) is 1.62. The lowest BCUT2D eigenvalue weighted by Gasteiger charge is -2.17. The second kappa shape index (κ2) is 8.37. The second-order valence-electron chi connectivity index (χ2n) is 3.82. The lowest BCUT2D eigenvalue weighted by molar-refractivity contribution is -0.143. The van der Waals surface area contributed by atoms with Gasteiger partial charge in [-0.3, -0.25) is 4.79 Å². The molecule has 1 N–H and O–H groups in total. The van der Waals surface area contributed by atoms with Gasteiger partial charge in [0.1, 0.15) is 12.6 Å². The van der Waals surface area contributed by atoms with E-state index in [2.05, 4.69) is 5.32 Å². The molecule has 1 atom stereocenters. The Hall–Kier alpha value is -1.75. The van der Waals surface area contributed by atoms with Crippen LogP contribution in [0.25, 0.3) is 0 Å². The van der Waals surface area contributed by atoms with Crippen molar-refractivity contribution in [2.24, 2.45) is 0 Å². The van der Waals surface area contributed by atoms with Crippen molar-refractivity contribution < 1.29 is 19.0 Å². The zero-order valence-electron chi connectivity index (χ0n) is 11.6. The molecule has 0 fully saturated rings. The van der Waals surface area contributed by atoms with Crippen LogP contribution < -0.4 is 14.8 Å². The molecule has 1 aromatic carbocycles. The molecule has 0 amide bonds. The molecule has 0 heterocycles. The van der Waals surface area contributed by atoms with Gasteiger partial charge < -0.3 is 19.5 Å². The monoisotopic (exact) mass is 267 g/mol. The maximum atomic E-state index is 11.5. The number of ether oxygens (including phenoxy) is 3. The molecular formula is C14H21NO4. The molecule has 0 spiro atoms. The number of carbonyl (C=O) groups is 1. The normalized spacial score (nSPS) is 11.7. The summed E-state index contributed by atoms with van der Waals surface area (Å²) in [5, 5.41) is 3.01. The highest BCUT2D eigenvalue weighted by atomic mass is 16.5. The third-order valence-electron chi connectivity index (χ3n) is 2.49. The van der Waals surface area contributed by atoms with Gasteiger partial charge >= 0.3 is 5.97 Å². The van der Waals surface area contributed by atoms with Crippen molar-refractivity contribution in [2.45, 2.75) is 19.9 Å². The number of para-hydroxylation sites is 2. The zero-order chi connectivity index (χ0) is 14.1. The van der Waals surface area contributed by atoms with Crippen LogP contribution in [0.3, 0.4) is 0 Å². The molecule has 106 valence electrons. The van der Waals surface area contributed by atoms with Crippen molar-refractivity contribution in [2.75, 3.05) is 26.9 Å². The Kier molecular flexibility index (Phi) is 6.74. The Morgan fingerprint density at radius 3 is 2.37 bits per heavy atom. The number of carbonyl (C=O) groups excluding carboxylic acids is 1. The van der Waals surface area contributed by atoms with Gasteiger partial charge in [0, 0.05) is 0 Å². The van der Waals surface area contributed by atoms with Gasteiger partial charge in [-0.15, -0.1) is 0 Å². The van der Waals surface area contributed by atoms with Crippen LogP contribution in [-0.2, 0) is 9.53 Å². The van der Waals surface area contributed by atoms with E-state index in [1.54, 1.807) is 0 Å². The topological polar surface area (TPSA) is 56.8 Å². The molecule has 1 aromatic rings. The second-order valence-corrected chi connectivity index (χ2v) is 3.82. The average Bonchev–Trinajstić information content (AvgIpc) is 2.44. The molecule has 0 aliphatic carbocycles. The highest BCUT2D eigenvalue weighted by Crippen LogP contribution is 2.26. The SMILES string of the molecule is CCNC(COc1ccccc1OCC)C(=O)OC. The molecule has 0 aliphatic rings. The van der Waals surface area contributed by atoms with Crippen molar-refractivity contribution in [3.63, 3.8) is 0 Å². The first kappa shape index (κ1) is 15.3. The molecule has 1 unspecified atom stereocenters. The number of rotatable bonds is 8. The molecule has 1 rings (SSSR count). The van der Waals surface area contributed by atoms with E-state index in [1.165, 1.54) is 7.11 Å². The number of esters is 1. The summed E-state index contributed by atoms with van der Waals surface area (Å²) in [4.78, 5) is 11.5. The lowest BCUT2D eigenvalue weighted by atomic mass is 10.3. The van der Waals surface area contributed by atoms with Gasteiger partial charge in [-0.1, -0.05) is 19.1 Å². The number of benzene rings is 1. The minimum atomic E-state index is -0.482. The van der Waals surface area contributed by atoms with Gasteiger partial charge in [-0.05, 0) is 25.6 Å². The largest absolute Gasteiger partial charge is 0.490 e. The van der Waals surface area contributed by atoms with E-state index in [0.29, 0.717) is 24.7 Å². The first-order chi connectivity index (χ1) is 9.22. The zero-order valence-corrected chi connectivity index (χ0v) is 11.6. The highest BCUT2D eigenvalue weighted by Gasteiger charge is 2.19. The molecule has 0 radical (unpaired) electrons. The molecule has 5 heteroatoms. The Morgan fingerprint density at radius 2 is 1.84 bits per heavy atom. The average molecular weight is 267 g/mol. The third-order valence-corrected chi connectivity index (χ3v) is 2.49. The van der Waals surface area contributed by atoms with Crippen LogP contribution in [0.15, 0.2) is 24.3 Å². The van der Waals surface area contributed by atoms with Gasteiger partial charge in [-0.2, -0.15) is 0 Å². The van der Waals surface area contributed by atoms with E-state index in [1.807, 2.05) is 38.1 Å². The Morgan fingerprint density at radius 1 is 1.21 bits per heavy atom. The maximum Gasteiger partial charge on any atom is 0.326 e. The van der Waals surface area contributed by atoms with Gasteiger partial charge in [0.2, 0.25) is 0 Å².